The van der Waals surface area contributed by atoms with Crippen molar-refractivity contribution in [1.82, 2.24) is 4.90 Å². The first kappa shape index (κ1) is 18.3. The van der Waals surface area contributed by atoms with Crippen LogP contribution in [0, 0.1) is 0 Å². The van der Waals surface area contributed by atoms with Gasteiger partial charge in [-0.25, -0.2) is 0 Å². The number of carbonyl (C=O) groups is 2. The first-order valence-electron chi connectivity index (χ1n) is 9.66. The molecule has 1 saturated heterocycles. The molecule has 2 heterocycles. The second kappa shape index (κ2) is 7.54. The molecule has 2 aromatic carbocycles. The quantitative estimate of drug-likeness (QED) is 0.823. The molecule has 2 amide bonds. The Labute approximate surface area is 165 Å². The second-order valence-corrected chi connectivity index (χ2v) is 7.24. The van der Waals surface area contributed by atoms with Crippen molar-refractivity contribution in [2.24, 2.45) is 0 Å². The van der Waals surface area contributed by atoms with Gasteiger partial charge in [-0.05, 0) is 42.3 Å². The molecule has 1 fully saturated rings. The van der Waals surface area contributed by atoms with Gasteiger partial charge in [-0.2, -0.15) is 0 Å². The molecule has 146 valence electrons. The van der Waals surface area contributed by atoms with Crippen LogP contribution in [0.5, 0.6) is 5.75 Å². The van der Waals surface area contributed by atoms with Gasteiger partial charge in [0.25, 0.3) is 5.91 Å². The molecule has 0 radical (unpaired) electrons. The maximum Gasteiger partial charge on any atom is 0.253 e. The van der Waals surface area contributed by atoms with Crippen molar-refractivity contribution in [2.75, 3.05) is 49.6 Å². The molecule has 0 saturated carbocycles. The summed E-state index contributed by atoms with van der Waals surface area (Å²) in [4.78, 5) is 30.6. The molecule has 2 aliphatic rings. The fraction of sp³-hybridized carbons (Fsp3) is 0.364. The zero-order valence-electron chi connectivity index (χ0n) is 16.4. The van der Waals surface area contributed by atoms with Crippen LogP contribution in [-0.4, -0.2) is 56.5 Å². The number of nitrogens with zero attached hydrogens (tertiary/aromatic N) is 3. The van der Waals surface area contributed by atoms with Crippen LogP contribution < -0.4 is 14.5 Å². The van der Waals surface area contributed by atoms with Crippen LogP contribution in [0.1, 0.15) is 22.8 Å². The normalized spacial score (nSPS) is 16.1. The number of benzene rings is 2. The molecule has 0 bridgehead atoms. The van der Waals surface area contributed by atoms with Crippen molar-refractivity contribution in [3.8, 4) is 5.75 Å². The Morgan fingerprint density at radius 3 is 2.46 bits per heavy atom. The van der Waals surface area contributed by atoms with Gasteiger partial charge in [-0.1, -0.05) is 6.07 Å². The highest BCUT2D eigenvalue weighted by molar-refractivity contribution is 5.98. The number of rotatable bonds is 3. The Morgan fingerprint density at radius 2 is 1.75 bits per heavy atom. The lowest BCUT2D eigenvalue weighted by Crippen LogP contribution is -2.48. The van der Waals surface area contributed by atoms with E-state index < -0.39 is 0 Å². The van der Waals surface area contributed by atoms with Crippen LogP contribution in [0.25, 0.3) is 0 Å². The Kier molecular flexibility index (Phi) is 4.94. The highest BCUT2D eigenvalue weighted by Crippen LogP contribution is 2.29. The number of methoxy groups -OCH3 is 1. The zero-order chi connectivity index (χ0) is 19.7. The Morgan fingerprint density at radius 1 is 0.964 bits per heavy atom. The molecule has 6 heteroatoms. The van der Waals surface area contributed by atoms with Gasteiger partial charge in [-0.15, -0.1) is 0 Å². The lowest BCUT2D eigenvalue weighted by molar-refractivity contribution is -0.116. The predicted octanol–water partition coefficient (Wildman–Crippen LogP) is 2.57. The summed E-state index contributed by atoms with van der Waals surface area (Å²) in [7, 11) is 1.67. The van der Waals surface area contributed by atoms with E-state index >= 15 is 0 Å². The van der Waals surface area contributed by atoms with E-state index in [1.54, 1.807) is 18.9 Å². The zero-order valence-corrected chi connectivity index (χ0v) is 16.4. The lowest BCUT2D eigenvalue weighted by atomic mass is 10.1. The van der Waals surface area contributed by atoms with Gasteiger partial charge in [-0.3, -0.25) is 9.59 Å². The summed E-state index contributed by atoms with van der Waals surface area (Å²) in [5.41, 5.74) is 3.84. The maximum atomic E-state index is 13.0. The molecule has 6 nitrogen and oxygen atoms in total. The van der Waals surface area contributed by atoms with Crippen molar-refractivity contribution in [3.63, 3.8) is 0 Å². The molecule has 0 spiro atoms. The third-order valence-electron chi connectivity index (χ3n) is 5.59. The van der Waals surface area contributed by atoms with Crippen molar-refractivity contribution >= 4 is 23.2 Å². The van der Waals surface area contributed by atoms with Gasteiger partial charge in [0.15, 0.2) is 0 Å². The number of fused-ring (bicyclic) bond motifs is 1. The third kappa shape index (κ3) is 3.42. The van der Waals surface area contributed by atoms with Crippen LogP contribution in [0.4, 0.5) is 11.4 Å². The molecule has 0 unspecified atom stereocenters. The molecule has 28 heavy (non-hydrogen) atoms. The van der Waals surface area contributed by atoms with Crippen molar-refractivity contribution < 1.29 is 14.3 Å². The van der Waals surface area contributed by atoms with Gasteiger partial charge in [0.2, 0.25) is 5.91 Å². The summed E-state index contributed by atoms with van der Waals surface area (Å²) in [6, 6.07) is 13.7. The van der Waals surface area contributed by atoms with E-state index in [-0.39, 0.29) is 11.8 Å². The Balaban J connectivity index is 1.42. The van der Waals surface area contributed by atoms with E-state index in [0.717, 1.165) is 42.2 Å². The van der Waals surface area contributed by atoms with Crippen LogP contribution in [0.3, 0.4) is 0 Å². The second-order valence-electron chi connectivity index (χ2n) is 7.24. The molecule has 0 aromatic heterocycles. The number of anilines is 2. The fourth-order valence-electron chi connectivity index (χ4n) is 4.02. The Bertz CT molecular complexity index is 904. The predicted molar refractivity (Wildman–Crippen MR) is 109 cm³/mol. The fourth-order valence-corrected chi connectivity index (χ4v) is 4.02. The van der Waals surface area contributed by atoms with E-state index in [9.17, 15) is 9.59 Å². The van der Waals surface area contributed by atoms with Crippen molar-refractivity contribution in [2.45, 2.75) is 13.3 Å². The summed E-state index contributed by atoms with van der Waals surface area (Å²) in [5, 5.41) is 0. The summed E-state index contributed by atoms with van der Waals surface area (Å²) >= 11 is 0. The molecule has 0 N–H and O–H groups in total. The minimum atomic E-state index is 0.0477. The number of piperazine rings is 1. The summed E-state index contributed by atoms with van der Waals surface area (Å²) in [5.74, 6) is 0.953. The largest absolute Gasteiger partial charge is 0.497 e. The first-order valence-corrected chi connectivity index (χ1v) is 9.66. The number of amides is 2. The number of ether oxygens (including phenoxy) is 1. The molecule has 4 rings (SSSR count). The molecule has 0 atom stereocenters. The van der Waals surface area contributed by atoms with E-state index in [0.29, 0.717) is 25.2 Å². The van der Waals surface area contributed by atoms with Gasteiger partial charge in [0, 0.05) is 62.7 Å². The van der Waals surface area contributed by atoms with E-state index in [1.165, 1.54) is 0 Å². The van der Waals surface area contributed by atoms with Gasteiger partial charge in [0.1, 0.15) is 5.75 Å². The van der Waals surface area contributed by atoms with Gasteiger partial charge < -0.3 is 19.4 Å². The number of hydrogen-bond donors (Lipinski definition) is 0. The molecular weight excluding hydrogens is 354 g/mol. The minimum absolute atomic E-state index is 0.0477. The molecule has 0 aliphatic carbocycles. The summed E-state index contributed by atoms with van der Waals surface area (Å²) in [6.07, 6.45) is 0.805. The SMILES string of the molecule is COc1cccc(N2CCN(C(=O)c3ccc4c(c3)CCN4C(C)=O)CC2)c1. The van der Waals surface area contributed by atoms with Gasteiger partial charge in [0.05, 0.1) is 7.11 Å². The monoisotopic (exact) mass is 379 g/mol. The standard InChI is InChI=1S/C22H25N3O3/c1-16(26)25-9-8-17-14-18(6-7-21(17)25)22(27)24-12-10-23(11-13-24)19-4-3-5-20(15-19)28-2/h3-7,14-15H,8-13H2,1-2H3. The topological polar surface area (TPSA) is 53.1 Å². The molecule has 2 aromatic rings. The highest BCUT2D eigenvalue weighted by atomic mass is 16.5. The smallest absolute Gasteiger partial charge is 0.253 e. The average Bonchev–Trinajstić information content (AvgIpc) is 3.17. The third-order valence-corrected chi connectivity index (χ3v) is 5.59. The first-order chi connectivity index (χ1) is 13.6. The highest BCUT2D eigenvalue weighted by Gasteiger charge is 2.26. The van der Waals surface area contributed by atoms with Crippen molar-refractivity contribution in [3.05, 3.63) is 53.6 Å². The molecule has 2 aliphatic heterocycles. The minimum Gasteiger partial charge on any atom is -0.497 e. The average molecular weight is 379 g/mol. The van der Waals surface area contributed by atoms with Crippen LogP contribution in [0.2, 0.25) is 0 Å². The van der Waals surface area contributed by atoms with Gasteiger partial charge >= 0.3 is 0 Å². The number of hydrogen-bond acceptors (Lipinski definition) is 4. The maximum absolute atomic E-state index is 13.0. The summed E-state index contributed by atoms with van der Waals surface area (Å²) in [6.45, 7) is 5.24. The van der Waals surface area contributed by atoms with Crippen LogP contribution >= 0.6 is 0 Å². The lowest BCUT2D eigenvalue weighted by Gasteiger charge is -2.36. The van der Waals surface area contributed by atoms with E-state index in [4.69, 9.17) is 4.74 Å². The molecular formula is C22H25N3O3. The Hall–Kier alpha value is -3.02. The van der Waals surface area contributed by atoms with Crippen LogP contribution in [0.15, 0.2) is 42.5 Å². The van der Waals surface area contributed by atoms with E-state index in [1.807, 2.05) is 41.3 Å². The summed E-state index contributed by atoms with van der Waals surface area (Å²) < 4.78 is 5.31. The van der Waals surface area contributed by atoms with E-state index in [2.05, 4.69) is 11.0 Å². The van der Waals surface area contributed by atoms with Crippen molar-refractivity contribution in [1.29, 1.82) is 0 Å². The number of carbonyl (C=O) groups excluding carboxylic acids is 2. The van der Waals surface area contributed by atoms with Crippen LogP contribution in [-0.2, 0) is 11.2 Å².